The third kappa shape index (κ3) is 2.77. The maximum Gasteiger partial charge on any atom is 0.137 e. The fourth-order valence-electron chi connectivity index (χ4n) is 3.58. The van der Waals surface area contributed by atoms with Gasteiger partial charge < -0.3 is 9.55 Å². The molecule has 0 aromatic carbocycles. The fraction of sp³-hybridized carbons (Fsp3) is 0.150. The Balaban J connectivity index is 1.79. The summed E-state index contributed by atoms with van der Waals surface area (Å²) in [5, 5.41) is 8.96. The van der Waals surface area contributed by atoms with E-state index in [0.717, 1.165) is 38.9 Å². The van der Waals surface area contributed by atoms with Crippen LogP contribution in [0.3, 0.4) is 0 Å². The van der Waals surface area contributed by atoms with Crippen LogP contribution in [0, 0.1) is 0 Å². The molecular formula is C20H17FN6. The molecule has 1 aliphatic carbocycles. The van der Waals surface area contributed by atoms with E-state index in [1.807, 2.05) is 36.9 Å². The minimum atomic E-state index is -0.206. The average molecular weight is 360 g/mol. The van der Waals surface area contributed by atoms with Crippen LogP contribution in [0.1, 0.15) is 24.1 Å². The first-order valence-electron chi connectivity index (χ1n) is 8.79. The maximum atomic E-state index is 13.4. The molecule has 0 bridgehead atoms. The van der Waals surface area contributed by atoms with Crippen molar-refractivity contribution >= 4 is 23.2 Å². The highest BCUT2D eigenvalue weighted by Gasteiger charge is 2.17. The molecule has 0 fully saturated rings. The number of aromatic nitrogens is 5. The molecule has 7 heteroatoms. The third-order valence-electron chi connectivity index (χ3n) is 4.85. The summed E-state index contributed by atoms with van der Waals surface area (Å²) < 4.78 is 15.6. The third-order valence-corrected chi connectivity index (χ3v) is 4.85. The van der Waals surface area contributed by atoms with Gasteiger partial charge in [0.1, 0.15) is 11.6 Å². The summed E-state index contributed by atoms with van der Waals surface area (Å²) in [6.45, 7) is 0.629. The second kappa shape index (κ2) is 6.35. The molecule has 5 rings (SSSR count). The average Bonchev–Trinajstić information content (AvgIpc) is 3.43. The van der Waals surface area contributed by atoms with Crippen molar-refractivity contribution in [1.29, 1.82) is 0 Å². The number of allylic oxidation sites excluding steroid dienone is 4. The summed E-state index contributed by atoms with van der Waals surface area (Å²) in [4.78, 5) is 12.3. The molecule has 6 nitrogen and oxygen atoms in total. The van der Waals surface area contributed by atoms with E-state index in [-0.39, 0.29) is 5.83 Å². The number of aromatic amines is 2. The van der Waals surface area contributed by atoms with Crippen molar-refractivity contribution in [2.24, 2.45) is 4.99 Å². The van der Waals surface area contributed by atoms with Crippen molar-refractivity contribution < 1.29 is 4.39 Å². The van der Waals surface area contributed by atoms with Crippen molar-refractivity contribution in [2.45, 2.75) is 19.4 Å². The van der Waals surface area contributed by atoms with Crippen molar-refractivity contribution in [3.05, 3.63) is 76.9 Å². The Kier molecular flexibility index (Phi) is 3.71. The van der Waals surface area contributed by atoms with Gasteiger partial charge >= 0.3 is 0 Å². The molecule has 2 aliphatic rings. The number of halogens is 1. The first-order valence-corrected chi connectivity index (χ1v) is 8.79. The topological polar surface area (TPSA) is 74.7 Å². The Hall–Kier alpha value is -3.48. The molecule has 3 aromatic rings. The van der Waals surface area contributed by atoms with Crippen LogP contribution in [0.2, 0.25) is 0 Å². The molecule has 0 saturated heterocycles. The van der Waals surface area contributed by atoms with Gasteiger partial charge in [0.05, 0.1) is 29.3 Å². The molecule has 2 N–H and O–H groups in total. The zero-order valence-corrected chi connectivity index (χ0v) is 14.5. The highest BCUT2D eigenvalue weighted by atomic mass is 19.1. The summed E-state index contributed by atoms with van der Waals surface area (Å²) in [6.07, 6.45) is 13.5. The van der Waals surface area contributed by atoms with Crippen LogP contribution >= 0.6 is 0 Å². The second-order valence-electron chi connectivity index (χ2n) is 6.54. The van der Waals surface area contributed by atoms with Gasteiger partial charge in [0.25, 0.3) is 0 Å². The van der Waals surface area contributed by atoms with Crippen LogP contribution in [-0.2, 0) is 6.54 Å². The molecule has 0 radical (unpaired) electrons. The Morgan fingerprint density at radius 3 is 2.96 bits per heavy atom. The number of rotatable bonds is 2. The molecule has 0 amide bonds. The van der Waals surface area contributed by atoms with E-state index in [4.69, 9.17) is 4.98 Å². The van der Waals surface area contributed by atoms with Crippen molar-refractivity contribution in [3.63, 3.8) is 0 Å². The molecule has 1 aliphatic heterocycles. The van der Waals surface area contributed by atoms with Gasteiger partial charge in [-0.3, -0.25) is 5.10 Å². The number of hydrogen-bond donors (Lipinski definition) is 2. The molecule has 0 unspecified atom stereocenters. The van der Waals surface area contributed by atoms with Crippen molar-refractivity contribution in [1.82, 2.24) is 24.7 Å². The number of H-pyrrole nitrogens is 2. The highest BCUT2D eigenvalue weighted by molar-refractivity contribution is 5.88. The fourth-order valence-corrected chi connectivity index (χ4v) is 3.58. The Morgan fingerprint density at radius 1 is 1.19 bits per heavy atom. The van der Waals surface area contributed by atoms with Crippen LogP contribution in [0.15, 0.2) is 59.9 Å². The van der Waals surface area contributed by atoms with Crippen LogP contribution in [0.4, 0.5) is 10.2 Å². The lowest BCUT2D eigenvalue weighted by atomic mass is 10.0. The van der Waals surface area contributed by atoms with Gasteiger partial charge in [0.2, 0.25) is 0 Å². The van der Waals surface area contributed by atoms with E-state index in [0.29, 0.717) is 19.4 Å². The van der Waals surface area contributed by atoms with Crippen LogP contribution in [-0.4, -0.2) is 30.9 Å². The lowest BCUT2D eigenvalue weighted by molar-refractivity contribution is 0.661. The van der Waals surface area contributed by atoms with Gasteiger partial charge in [-0.25, -0.2) is 14.4 Å². The second-order valence-corrected chi connectivity index (χ2v) is 6.54. The van der Waals surface area contributed by atoms with E-state index >= 15 is 0 Å². The largest absolute Gasteiger partial charge is 0.346 e. The smallest absolute Gasteiger partial charge is 0.137 e. The molecule has 134 valence electrons. The van der Waals surface area contributed by atoms with E-state index in [9.17, 15) is 4.39 Å². The van der Waals surface area contributed by atoms with E-state index in [2.05, 4.69) is 24.7 Å². The van der Waals surface area contributed by atoms with Gasteiger partial charge in [-0.15, -0.1) is 0 Å². The van der Waals surface area contributed by atoms with Crippen LogP contribution in [0.25, 0.3) is 11.1 Å². The molecule has 27 heavy (non-hydrogen) atoms. The monoisotopic (exact) mass is 360 g/mol. The first-order chi connectivity index (χ1) is 13.3. The number of imidazole rings is 1. The van der Waals surface area contributed by atoms with Gasteiger partial charge in [-0.1, -0.05) is 6.08 Å². The van der Waals surface area contributed by atoms with Gasteiger partial charge in [0.15, 0.2) is 0 Å². The summed E-state index contributed by atoms with van der Waals surface area (Å²) in [6, 6.07) is 3.99. The SMILES string of the molecule is FC1=CCC(=c2ncn(Cc3ccn[nH]3)c2=C2CC=Nc3[nH]ccc32)C=C1. The lowest BCUT2D eigenvalue weighted by Crippen LogP contribution is -2.35. The number of nitrogens with one attached hydrogen (secondary N) is 2. The summed E-state index contributed by atoms with van der Waals surface area (Å²) in [5.41, 5.74) is 4.23. The zero-order chi connectivity index (χ0) is 18.2. The van der Waals surface area contributed by atoms with E-state index in [1.165, 1.54) is 6.08 Å². The summed E-state index contributed by atoms with van der Waals surface area (Å²) in [7, 11) is 0. The van der Waals surface area contributed by atoms with Crippen molar-refractivity contribution in [3.8, 4) is 0 Å². The van der Waals surface area contributed by atoms with Crippen LogP contribution < -0.4 is 10.7 Å². The number of aliphatic imine (C=N–C) groups is 1. The molecular weight excluding hydrogens is 343 g/mol. The zero-order valence-electron chi connectivity index (χ0n) is 14.5. The number of fused-ring (bicyclic) bond motifs is 1. The Morgan fingerprint density at radius 2 is 2.15 bits per heavy atom. The Labute approximate surface area is 154 Å². The maximum absolute atomic E-state index is 13.4. The summed E-state index contributed by atoms with van der Waals surface area (Å²) >= 11 is 0. The predicted molar refractivity (Wildman–Crippen MR) is 102 cm³/mol. The lowest BCUT2D eigenvalue weighted by Gasteiger charge is -2.11. The predicted octanol–water partition coefficient (Wildman–Crippen LogP) is 2.25. The standard InChI is InChI=1S/C20H17FN6/c21-14-3-1-13(2-4-14)18-19(16-6-8-22-20-17(16)7-9-23-20)27(12-24-18)11-15-5-10-25-26-15/h1,3-5,7-10,12,23H,2,6,11H2,(H,25,26). The number of nitrogens with zero attached hydrogens (tertiary/aromatic N) is 4. The van der Waals surface area contributed by atoms with E-state index < -0.39 is 0 Å². The van der Waals surface area contributed by atoms with E-state index in [1.54, 1.807) is 12.3 Å². The number of hydrogen-bond acceptors (Lipinski definition) is 3. The van der Waals surface area contributed by atoms with Gasteiger partial charge in [-0.05, 0) is 41.9 Å². The normalized spacial score (nSPS) is 20.0. The van der Waals surface area contributed by atoms with Crippen molar-refractivity contribution in [2.75, 3.05) is 0 Å². The molecule has 0 atom stereocenters. The van der Waals surface area contributed by atoms with Crippen LogP contribution in [0.5, 0.6) is 0 Å². The summed E-state index contributed by atoms with van der Waals surface area (Å²) in [5.74, 6) is 0.647. The van der Waals surface area contributed by atoms with Gasteiger partial charge in [0, 0.05) is 30.6 Å². The van der Waals surface area contributed by atoms with Gasteiger partial charge in [-0.2, -0.15) is 5.10 Å². The quantitative estimate of drug-likeness (QED) is 0.736. The first kappa shape index (κ1) is 15.7. The molecule has 0 spiro atoms. The minimum Gasteiger partial charge on any atom is -0.346 e. The molecule has 4 heterocycles. The highest BCUT2D eigenvalue weighted by Crippen LogP contribution is 2.28. The Bertz CT molecular complexity index is 1200. The molecule has 0 saturated carbocycles. The minimum absolute atomic E-state index is 0.206. The molecule has 3 aromatic heterocycles.